The summed E-state index contributed by atoms with van der Waals surface area (Å²) >= 11 is 0. The molecule has 0 bridgehead atoms. The fraction of sp³-hybridized carbons (Fsp3) is 0.300. The van der Waals surface area contributed by atoms with Crippen molar-refractivity contribution in [3.05, 3.63) is 22.6 Å². The van der Waals surface area contributed by atoms with Gasteiger partial charge in [0, 0.05) is 11.0 Å². The first kappa shape index (κ1) is 11.9. The van der Waals surface area contributed by atoms with E-state index in [4.69, 9.17) is 19.7 Å². The third-order valence-corrected chi connectivity index (χ3v) is 2.16. The molecule has 0 aliphatic carbocycles. The number of carbonyl (C=O) groups is 1. The van der Waals surface area contributed by atoms with Crippen LogP contribution >= 0.6 is 0 Å². The molecule has 1 aliphatic heterocycles. The Morgan fingerprint density at radius 1 is 1.56 bits per heavy atom. The molecule has 2 rings (SSSR count). The Morgan fingerprint density at radius 2 is 2.28 bits per heavy atom. The van der Waals surface area contributed by atoms with Gasteiger partial charge in [-0.3, -0.25) is 5.32 Å². The summed E-state index contributed by atoms with van der Waals surface area (Å²) in [5.41, 5.74) is 9.01. The maximum absolute atomic E-state index is 11.3. The third kappa shape index (κ3) is 2.38. The van der Waals surface area contributed by atoms with E-state index in [1.165, 1.54) is 12.1 Å². The first-order valence-electron chi connectivity index (χ1n) is 5.17. The molecule has 0 fully saturated rings. The van der Waals surface area contributed by atoms with Crippen LogP contribution in [-0.2, 0) is 4.74 Å². The van der Waals surface area contributed by atoms with Crippen molar-refractivity contribution < 1.29 is 19.0 Å². The monoisotopic (exact) mass is 250 g/mol. The van der Waals surface area contributed by atoms with Crippen LogP contribution in [0.4, 0.5) is 16.2 Å². The van der Waals surface area contributed by atoms with Crippen molar-refractivity contribution in [1.29, 1.82) is 0 Å². The van der Waals surface area contributed by atoms with Crippen LogP contribution in [0.1, 0.15) is 6.92 Å². The molecule has 8 nitrogen and oxygen atoms in total. The van der Waals surface area contributed by atoms with Crippen LogP contribution < -0.4 is 14.8 Å². The van der Waals surface area contributed by atoms with Gasteiger partial charge in [-0.25, -0.2) is 4.79 Å². The van der Waals surface area contributed by atoms with E-state index in [1.54, 1.807) is 6.92 Å². The van der Waals surface area contributed by atoms with E-state index in [2.05, 4.69) is 15.3 Å². The zero-order valence-corrected chi connectivity index (χ0v) is 9.54. The van der Waals surface area contributed by atoms with Crippen LogP contribution in [0.3, 0.4) is 0 Å². The second-order valence-corrected chi connectivity index (χ2v) is 3.26. The number of nitrogens with zero attached hydrogens (tertiary/aromatic N) is 3. The minimum atomic E-state index is -0.634. The number of fused-ring (bicyclic) bond motifs is 1. The summed E-state index contributed by atoms with van der Waals surface area (Å²) in [6.07, 6.45) is -0.634. The van der Waals surface area contributed by atoms with Crippen molar-refractivity contribution in [1.82, 2.24) is 0 Å². The Kier molecular flexibility index (Phi) is 3.40. The van der Waals surface area contributed by atoms with Gasteiger partial charge in [-0.15, -0.1) is 0 Å². The first-order chi connectivity index (χ1) is 8.74. The van der Waals surface area contributed by atoms with Crippen molar-refractivity contribution in [2.45, 2.75) is 6.92 Å². The standard InChI is InChI=1S/C10H10N4O4/c1-2-16-10(15)12-6-3-8-9(18-5-17-8)4-7(6)13-14-11/h3-4H,2,5H2,1H3,(H,12,15). The van der Waals surface area contributed by atoms with E-state index in [0.717, 1.165) is 0 Å². The molecule has 1 aliphatic rings. The van der Waals surface area contributed by atoms with E-state index in [1.807, 2.05) is 0 Å². The molecule has 0 spiro atoms. The van der Waals surface area contributed by atoms with Crippen LogP contribution in [0.2, 0.25) is 0 Å². The lowest BCUT2D eigenvalue weighted by Gasteiger charge is -2.08. The lowest BCUT2D eigenvalue weighted by Crippen LogP contribution is -2.13. The Bertz CT molecular complexity index is 525. The summed E-state index contributed by atoms with van der Waals surface area (Å²) in [4.78, 5) is 14.0. The fourth-order valence-electron chi connectivity index (χ4n) is 1.44. The van der Waals surface area contributed by atoms with Gasteiger partial charge in [-0.1, -0.05) is 5.11 Å². The summed E-state index contributed by atoms with van der Waals surface area (Å²) in [6, 6.07) is 3.01. The average Bonchev–Trinajstić information content (AvgIpc) is 2.77. The van der Waals surface area contributed by atoms with Gasteiger partial charge >= 0.3 is 6.09 Å². The normalized spacial score (nSPS) is 11.6. The Hall–Kier alpha value is -2.60. The quantitative estimate of drug-likeness (QED) is 0.505. The fourth-order valence-corrected chi connectivity index (χ4v) is 1.44. The molecule has 0 atom stereocenters. The molecule has 1 amide bonds. The SMILES string of the molecule is CCOC(=O)Nc1cc2c(cc1N=[N+]=[N-])OCO2. The number of benzene rings is 1. The third-order valence-electron chi connectivity index (χ3n) is 2.16. The smallest absolute Gasteiger partial charge is 0.411 e. The predicted octanol–water partition coefficient (Wildman–Crippen LogP) is 2.93. The highest BCUT2D eigenvalue weighted by atomic mass is 16.7. The first-order valence-corrected chi connectivity index (χ1v) is 5.17. The number of nitrogens with one attached hydrogen (secondary N) is 1. The maximum Gasteiger partial charge on any atom is 0.411 e. The van der Waals surface area contributed by atoms with Gasteiger partial charge in [0.15, 0.2) is 11.5 Å². The molecular formula is C10H10N4O4. The number of azide groups is 1. The number of carbonyl (C=O) groups excluding carboxylic acids is 1. The van der Waals surface area contributed by atoms with Gasteiger partial charge in [0.2, 0.25) is 6.79 Å². The van der Waals surface area contributed by atoms with Crippen LogP contribution in [0.15, 0.2) is 17.2 Å². The molecule has 1 N–H and O–H groups in total. The van der Waals surface area contributed by atoms with E-state index >= 15 is 0 Å². The van der Waals surface area contributed by atoms with Gasteiger partial charge < -0.3 is 14.2 Å². The lowest BCUT2D eigenvalue weighted by molar-refractivity contribution is 0.168. The largest absolute Gasteiger partial charge is 0.454 e. The van der Waals surface area contributed by atoms with Crippen molar-refractivity contribution in [3.63, 3.8) is 0 Å². The molecule has 1 aromatic carbocycles. The zero-order valence-electron chi connectivity index (χ0n) is 9.54. The second kappa shape index (κ2) is 5.15. The number of ether oxygens (including phenoxy) is 3. The summed E-state index contributed by atoms with van der Waals surface area (Å²) in [6.45, 7) is 2.02. The zero-order chi connectivity index (χ0) is 13.0. The number of amides is 1. The molecule has 0 unspecified atom stereocenters. The molecule has 94 valence electrons. The summed E-state index contributed by atoms with van der Waals surface area (Å²) in [7, 11) is 0. The van der Waals surface area contributed by atoms with Crippen LogP contribution in [0.5, 0.6) is 11.5 Å². The second-order valence-electron chi connectivity index (χ2n) is 3.26. The van der Waals surface area contributed by atoms with Gasteiger partial charge in [0.05, 0.1) is 18.0 Å². The van der Waals surface area contributed by atoms with Crippen molar-refractivity contribution in [2.75, 3.05) is 18.7 Å². The molecule has 0 saturated carbocycles. The summed E-state index contributed by atoms with van der Waals surface area (Å²) in [5.74, 6) is 0.936. The minimum Gasteiger partial charge on any atom is -0.454 e. The minimum absolute atomic E-state index is 0.0912. The number of anilines is 1. The Morgan fingerprint density at radius 3 is 2.94 bits per heavy atom. The van der Waals surface area contributed by atoms with Gasteiger partial charge in [0.25, 0.3) is 0 Å². The molecule has 1 aromatic rings. The molecule has 0 aromatic heterocycles. The van der Waals surface area contributed by atoms with E-state index in [-0.39, 0.29) is 19.1 Å². The topological polar surface area (TPSA) is 106 Å². The van der Waals surface area contributed by atoms with Crippen molar-refractivity contribution in [2.24, 2.45) is 5.11 Å². The van der Waals surface area contributed by atoms with Gasteiger partial charge in [-0.05, 0) is 18.5 Å². The highest BCUT2D eigenvalue weighted by molar-refractivity contribution is 5.89. The van der Waals surface area contributed by atoms with Crippen LogP contribution in [-0.4, -0.2) is 19.5 Å². The van der Waals surface area contributed by atoms with Gasteiger partial charge in [0.1, 0.15) is 0 Å². The van der Waals surface area contributed by atoms with Gasteiger partial charge in [-0.2, -0.15) is 0 Å². The maximum atomic E-state index is 11.3. The van der Waals surface area contributed by atoms with Crippen molar-refractivity contribution >= 4 is 17.5 Å². The molecule has 18 heavy (non-hydrogen) atoms. The summed E-state index contributed by atoms with van der Waals surface area (Å²) < 4.78 is 15.0. The molecular weight excluding hydrogens is 240 g/mol. The van der Waals surface area contributed by atoms with E-state index in [9.17, 15) is 4.79 Å². The number of hydrogen-bond donors (Lipinski definition) is 1. The highest BCUT2D eigenvalue weighted by Gasteiger charge is 2.18. The Balaban J connectivity index is 2.32. The van der Waals surface area contributed by atoms with Crippen LogP contribution in [0, 0.1) is 0 Å². The number of hydrogen-bond acceptors (Lipinski definition) is 5. The molecule has 0 radical (unpaired) electrons. The van der Waals surface area contributed by atoms with E-state index < -0.39 is 6.09 Å². The van der Waals surface area contributed by atoms with Crippen molar-refractivity contribution in [3.8, 4) is 11.5 Å². The Labute approximate surface area is 102 Å². The van der Waals surface area contributed by atoms with Crippen LogP contribution in [0.25, 0.3) is 10.4 Å². The summed E-state index contributed by atoms with van der Waals surface area (Å²) in [5, 5.41) is 5.94. The highest BCUT2D eigenvalue weighted by Crippen LogP contribution is 2.41. The predicted molar refractivity (Wildman–Crippen MR) is 62.0 cm³/mol. The number of rotatable bonds is 3. The molecule has 1 heterocycles. The average molecular weight is 250 g/mol. The molecule has 8 heteroatoms. The lowest BCUT2D eigenvalue weighted by atomic mass is 10.2. The molecule has 0 saturated heterocycles. The van der Waals surface area contributed by atoms with E-state index in [0.29, 0.717) is 17.2 Å².